The topological polar surface area (TPSA) is 167 Å². The van der Waals surface area contributed by atoms with E-state index in [0.717, 1.165) is 0 Å². The summed E-state index contributed by atoms with van der Waals surface area (Å²) in [5.41, 5.74) is 12.4. The van der Waals surface area contributed by atoms with Crippen molar-refractivity contribution in [2.24, 2.45) is 17.4 Å². The Morgan fingerprint density at radius 2 is 1.90 bits per heavy atom. The number of nitrogens with one attached hydrogen (secondary N) is 2. The van der Waals surface area contributed by atoms with Gasteiger partial charge in [-0.15, -0.1) is 0 Å². The van der Waals surface area contributed by atoms with Crippen LogP contribution in [0, 0.1) is 5.92 Å². The van der Waals surface area contributed by atoms with Crippen molar-refractivity contribution in [2.45, 2.75) is 26.3 Å². The largest absolute Gasteiger partial charge is 0.368 e. The van der Waals surface area contributed by atoms with Crippen LogP contribution in [0.5, 0.6) is 0 Å². The van der Waals surface area contributed by atoms with Crippen molar-refractivity contribution in [3.05, 3.63) is 48.4 Å². The number of rotatable bonds is 9. The maximum absolute atomic E-state index is 11.8. The Bertz CT molecular complexity index is 1030. The first-order chi connectivity index (χ1) is 14.3. The Hall–Kier alpha value is -4.02. The van der Waals surface area contributed by atoms with Gasteiger partial charge in [0.1, 0.15) is 17.4 Å². The van der Waals surface area contributed by atoms with Crippen LogP contribution in [0.4, 0.5) is 17.5 Å². The number of hydrogen-bond donors (Lipinski definition) is 4. The van der Waals surface area contributed by atoms with Gasteiger partial charge in [-0.2, -0.15) is 20.0 Å². The van der Waals surface area contributed by atoms with E-state index in [1.165, 1.54) is 11.0 Å². The maximum Gasteiger partial charge on any atom is 0.254 e. The second-order valence-corrected chi connectivity index (χ2v) is 7.04. The number of hydrogen-bond acceptors (Lipinski definition) is 8. The molecule has 1 aromatic carbocycles. The number of carbonyl (C=O) groups excluding carboxylic acids is 2. The minimum absolute atomic E-state index is 0.0997. The molecule has 0 saturated heterocycles. The molecular weight excluding hydrogens is 386 g/mol. The summed E-state index contributed by atoms with van der Waals surface area (Å²) in [7, 11) is 0. The zero-order valence-electron chi connectivity index (χ0n) is 16.6. The van der Waals surface area contributed by atoms with Crippen LogP contribution in [0.2, 0.25) is 0 Å². The zero-order chi connectivity index (χ0) is 21.7. The summed E-state index contributed by atoms with van der Waals surface area (Å²) in [5.74, 6) is -0.630. The zero-order valence-corrected chi connectivity index (χ0v) is 16.6. The molecule has 0 aliphatic rings. The fourth-order valence-electron chi connectivity index (χ4n) is 2.79. The minimum Gasteiger partial charge on any atom is -0.368 e. The van der Waals surface area contributed by atoms with Gasteiger partial charge in [-0.1, -0.05) is 19.9 Å². The van der Waals surface area contributed by atoms with Crippen molar-refractivity contribution in [2.75, 3.05) is 10.6 Å². The van der Waals surface area contributed by atoms with Crippen LogP contribution in [-0.2, 0) is 4.79 Å². The molecule has 0 spiro atoms. The van der Waals surface area contributed by atoms with E-state index in [9.17, 15) is 9.59 Å². The fourth-order valence-corrected chi connectivity index (χ4v) is 2.79. The van der Waals surface area contributed by atoms with Crippen molar-refractivity contribution in [1.29, 1.82) is 0 Å². The predicted molar refractivity (Wildman–Crippen MR) is 111 cm³/mol. The van der Waals surface area contributed by atoms with Gasteiger partial charge in [-0.25, -0.2) is 4.98 Å². The molecule has 0 radical (unpaired) electrons. The minimum atomic E-state index is -0.692. The number of carbonyl (C=O) groups is 2. The summed E-state index contributed by atoms with van der Waals surface area (Å²) in [5, 5.41) is 14.2. The predicted octanol–water partition coefficient (Wildman–Crippen LogP) is 1.21. The second kappa shape index (κ2) is 8.99. The smallest absolute Gasteiger partial charge is 0.254 e. The molecule has 0 aliphatic carbocycles. The van der Waals surface area contributed by atoms with Crippen LogP contribution in [0.25, 0.3) is 5.69 Å². The molecule has 6 N–H and O–H groups in total. The molecule has 0 bridgehead atoms. The maximum atomic E-state index is 11.8. The molecule has 2 heterocycles. The standard InChI is InChI=1S/C19H23N9O2/c1-11(2)8-15(17(21)30)26-19-22-10-14(16(20)29)18(27-19)25-12-4-3-5-13(9-12)28-23-6-7-24-28/h3-7,9-11,15H,8H2,1-2H3,(H2,20,29)(H2,21,30)(H2,22,25,26,27). The van der Waals surface area contributed by atoms with Crippen molar-refractivity contribution < 1.29 is 9.59 Å². The summed E-state index contributed by atoms with van der Waals surface area (Å²) >= 11 is 0. The lowest BCUT2D eigenvalue weighted by Gasteiger charge is -2.18. The molecule has 156 valence electrons. The van der Waals surface area contributed by atoms with Crippen LogP contribution >= 0.6 is 0 Å². The van der Waals surface area contributed by atoms with Gasteiger partial charge in [0.15, 0.2) is 0 Å². The van der Waals surface area contributed by atoms with Gasteiger partial charge in [0.2, 0.25) is 11.9 Å². The van der Waals surface area contributed by atoms with E-state index in [-0.39, 0.29) is 23.2 Å². The van der Waals surface area contributed by atoms with Crippen LogP contribution in [0.3, 0.4) is 0 Å². The number of nitrogens with zero attached hydrogens (tertiary/aromatic N) is 5. The van der Waals surface area contributed by atoms with E-state index >= 15 is 0 Å². The molecule has 1 unspecified atom stereocenters. The molecule has 1 atom stereocenters. The number of benzene rings is 1. The lowest BCUT2D eigenvalue weighted by Crippen LogP contribution is -2.37. The van der Waals surface area contributed by atoms with E-state index < -0.39 is 17.9 Å². The Labute approximate surface area is 172 Å². The molecular formula is C19H23N9O2. The van der Waals surface area contributed by atoms with Gasteiger partial charge in [0, 0.05) is 11.9 Å². The van der Waals surface area contributed by atoms with Crippen molar-refractivity contribution in [3.8, 4) is 5.69 Å². The molecule has 2 amide bonds. The Morgan fingerprint density at radius 1 is 1.17 bits per heavy atom. The van der Waals surface area contributed by atoms with Gasteiger partial charge in [0.05, 0.1) is 18.1 Å². The quantitative estimate of drug-likeness (QED) is 0.409. The molecule has 0 fully saturated rings. The van der Waals surface area contributed by atoms with E-state index in [1.807, 2.05) is 19.9 Å². The van der Waals surface area contributed by atoms with E-state index in [0.29, 0.717) is 17.8 Å². The highest BCUT2D eigenvalue weighted by Crippen LogP contribution is 2.22. The van der Waals surface area contributed by atoms with Gasteiger partial charge >= 0.3 is 0 Å². The van der Waals surface area contributed by atoms with Crippen molar-refractivity contribution >= 4 is 29.3 Å². The summed E-state index contributed by atoms with van der Waals surface area (Å²) < 4.78 is 0. The van der Waals surface area contributed by atoms with Crippen LogP contribution in [-0.4, -0.2) is 42.8 Å². The Morgan fingerprint density at radius 3 is 2.53 bits per heavy atom. The first-order valence-electron chi connectivity index (χ1n) is 9.30. The van der Waals surface area contributed by atoms with Gasteiger partial charge in [0.25, 0.3) is 5.91 Å². The highest BCUT2D eigenvalue weighted by molar-refractivity contribution is 5.98. The molecule has 2 aromatic heterocycles. The highest BCUT2D eigenvalue weighted by Gasteiger charge is 2.20. The number of nitrogens with two attached hydrogens (primary N) is 2. The number of primary amides is 2. The van der Waals surface area contributed by atoms with Gasteiger partial charge in [-0.3, -0.25) is 9.59 Å². The molecule has 11 nitrogen and oxygen atoms in total. The molecule has 11 heteroatoms. The Kier molecular flexibility index (Phi) is 6.20. The number of anilines is 3. The number of amides is 2. The second-order valence-electron chi connectivity index (χ2n) is 7.04. The van der Waals surface area contributed by atoms with Crippen molar-refractivity contribution in [1.82, 2.24) is 25.0 Å². The first-order valence-corrected chi connectivity index (χ1v) is 9.30. The summed E-state index contributed by atoms with van der Waals surface area (Å²) in [6.07, 6.45) is 4.95. The van der Waals surface area contributed by atoms with Crippen LogP contribution in [0.1, 0.15) is 30.6 Å². The summed E-state index contributed by atoms with van der Waals surface area (Å²) in [6.45, 7) is 3.95. The molecule has 30 heavy (non-hydrogen) atoms. The molecule has 0 saturated carbocycles. The third-order valence-corrected chi connectivity index (χ3v) is 4.17. The Balaban J connectivity index is 1.89. The van der Waals surface area contributed by atoms with E-state index in [4.69, 9.17) is 11.5 Å². The van der Waals surface area contributed by atoms with E-state index in [1.54, 1.807) is 30.6 Å². The lowest BCUT2D eigenvalue weighted by atomic mass is 10.0. The van der Waals surface area contributed by atoms with Gasteiger partial charge < -0.3 is 22.1 Å². The number of aromatic nitrogens is 5. The monoisotopic (exact) mass is 409 g/mol. The molecule has 0 aliphatic heterocycles. The van der Waals surface area contributed by atoms with Gasteiger partial charge in [-0.05, 0) is 30.5 Å². The van der Waals surface area contributed by atoms with Crippen LogP contribution in [0.15, 0.2) is 42.9 Å². The normalized spacial score (nSPS) is 11.8. The lowest BCUT2D eigenvalue weighted by molar-refractivity contribution is -0.119. The average Bonchev–Trinajstić information content (AvgIpc) is 3.22. The third kappa shape index (κ3) is 5.07. The third-order valence-electron chi connectivity index (χ3n) is 4.17. The molecule has 3 rings (SSSR count). The highest BCUT2D eigenvalue weighted by atomic mass is 16.1. The van der Waals surface area contributed by atoms with E-state index in [2.05, 4.69) is 30.8 Å². The van der Waals surface area contributed by atoms with Crippen molar-refractivity contribution in [3.63, 3.8) is 0 Å². The van der Waals surface area contributed by atoms with Crippen LogP contribution < -0.4 is 22.1 Å². The summed E-state index contributed by atoms with van der Waals surface area (Å²) in [6, 6.07) is 6.56. The fraction of sp³-hybridized carbons (Fsp3) is 0.263. The SMILES string of the molecule is CC(C)CC(Nc1ncc(C(N)=O)c(Nc2cccc(-n3nccn3)c2)n1)C(N)=O. The summed E-state index contributed by atoms with van der Waals surface area (Å²) in [4.78, 5) is 33.5. The average molecular weight is 409 g/mol. The molecule has 3 aromatic rings. The first kappa shape index (κ1) is 20.7.